The van der Waals surface area contributed by atoms with Crippen LogP contribution in [0.25, 0.3) is 0 Å². The maximum Gasteiger partial charge on any atom is 0.326 e. The van der Waals surface area contributed by atoms with Crippen molar-refractivity contribution in [3.05, 3.63) is 54.1 Å². The highest BCUT2D eigenvalue weighted by molar-refractivity contribution is 5.84. The lowest BCUT2D eigenvalue weighted by atomic mass is 9.92. The van der Waals surface area contributed by atoms with E-state index in [1.807, 2.05) is 4.90 Å². The molecular weight excluding hydrogens is 424 g/mol. The topological polar surface area (TPSA) is 122 Å². The maximum atomic E-state index is 12.5. The fourth-order valence-corrected chi connectivity index (χ4v) is 3.94. The molecule has 1 atom stereocenters. The number of carbonyl (C=O) groups excluding carboxylic acids is 2. The van der Waals surface area contributed by atoms with E-state index in [9.17, 15) is 19.5 Å². The maximum absolute atomic E-state index is 12.5. The van der Waals surface area contributed by atoms with E-state index in [0.717, 1.165) is 18.4 Å². The van der Waals surface area contributed by atoms with Crippen LogP contribution in [-0.4, -0.2) is 64.0 Å². The molecule has 176 valence electrons. The Morgan fingerprint density at radius 2 is 1.82 bits per heavy atom. The highest BCUT2D eigenvalue weighted by Crippen LogP contribution is 2.21. The van der Waals surface area contributed by atoms with Crippen LogP contribution in [0.3, 0.4) is 0 Å². The molecule has 3 rings (SSSR count). The van der Waals surface area contributed by atoms with Gasteiger partial charge >= 0.3 is 5.97 Å². The Kier molecular flexibility index (Phi) is 8.74. The summed E-state index contributed by atoms with van der Waals surface area (Å²) >= 11 is 0. The smallest absolute Gasteiger partial charge is 0.326 e. The van der Waals surface area contributed by atoms with Gasteiger partial charge in [-0.3, -0.25) is 9.59 Å². The number of nitrogens with zero attached hydrogens (tertiary/aromatic N) is 3. The molecule has 2 heterocycles. The third-order valence-corrected chi connectivity index (χ3v) is 5.86. The number of methoxy groups -OCH3 is 1. The van der Waals surface area contributed by atoms with Crippen molar-refractivity contribution >= 4 is 17.8 Å². The van der Waals surface area contributed by atoms with E-state index in [1.165, 1.54) is 0 Å². The second-order valence-corrected chi connectivity index (χ2v) is 8.20. The molecule has 1 saturated heterocycles. The average Bonchev–Trinajstić information content (AvgIpc) is 2.83. The number of carboxylic acid groups (broad SMARTS) is 1. The molecule has 2 amide bonds. The van der Waals surface area contributed by atoms with Crippen LogP contribution >= 0.6 is 0 Å². The van der Waals surface area contributed by atoms with Crippen molar-refractivity contribution in [3.8, 4) is 5.75 Å². The number of aliphatic carboxylic acids is 1. The van der Waals surface area contributed by atoms with Gasteiger partial charge in [0.25, 0.3) is 0 Å². The van der Waals surface area contributed by atoms with Crippen LogP contribution in [-0.2, 0) is 27.2 Å². The minimum Gasteiger partial charge on any atom is -0.497 e. The summed E-state index contributed by atoms with van der Waals surface area (Å²) in [7, 11) is 1.56. The van der Waals surface area contributed by atoms with E-state index in [1.54, 1.807) is 49.8 Å². The molecule has 2 aromatic rings. The molecule has 0 radical (unpaired) electrons. The lowest BCUT2D eigenvalue weighted by Crippen LogP contribution is -2.44. The molecule has 9 heteroatoms. The quantitative estimate of drug-likeness (QED) is 0.562. The third-order valence-electron chi connectivity index (χ3n) is 5.86. The predicted octanol–water partition coefficient (Wildman–Crippen LogP) is 1.86. The first-order valence-corrected chi connectivity index (χ1v) is 11.1. The second-order valence-electron chi connectivity index (χ2n) is 8.20. The molecule has 0 aliphatic carbocycles. The standard InChI is InChI=1S/C24H30N4O5/c1-33-19-5-3-17(4-6-19)15-20(24(31)32)27-22(29)16-18-9-13-28(14-10-18)23(30)8-7-21-25-11-2-12-26-21/h2-6,11-12,18,20H,7-10,13-16H2,1H3,(H,27,29)(H,31,32). The van der Waals surface area contributed by atoms with Crippen molar-refractivity contribution in [1.29, 1.82) is 0 Å². The summed E-state index contributed by atoms with van der Waals surface area (Å²) in [4.78, 5) is 46.7. The summed E-state index contributed by atoms with van der Waals surface area (Å²) in [6.07, 6.45) is 6.09. The van der Waals surface area contributed by atoms with Gasteiger partial charge in [0.2, 0.25) is 11.8 Å². The second kappa shape index (κ2) is 11.9. The van der Waals surface area contributed by atoms with Crippen LogP contribution in [0.1, 0.15) is 37.1 Å². The number of piperidine rings is 1. The van der Waals surface area contributed by atoms with E-state index < -0.39 is 12.0 Å². The van der Waals surface area contributed by atoms with Crippen molar-refractivity contribution in [2.24, 2.45) is 5.92 Å². The Labute approximate surface area is 193 Å². The number of aromatic nitrogens is 2. The Morgan fingerprint density at radius 3 is 2.42 bits per heavy atom. The van der Waals surface area contributed by atoms with E-state index in [2.05, 4.69) is 15.3 Å². The fourth-order valence-electron chi connectivity index (χ4n) is 3.94. The molecular formula is C24H30N4O5. The van der Waals surface area contributed by atoms with Crippen molar-refractivity contribution in [1.82, 2.24) is 20.2 Å². The number of benzene rings is 1. The number of hydrogen-bond acceptors (Lipinski definition) is 6. The predicted molar refractivity (Wildman–Crippen MR) is 121 cm³/mol. The summed E-state index contributed by atoms with van der Waals surface area (Å²) in [6, 6.07) is 7.85. The molecule has 9 nitrogen and oxygen atoms in total. The Bertz CT molecular complexity index is 928. The van der Waals surface area contributed by atoms with Crippen LogP contribution < -0.4 is 10.1 Å². The largest absolute Gasteiger partial charge is 0.497 e. The lowest BCUT2D eigenvalue weighted by molar-refractivity contribution is -0.142. The van der Waals surface area contributed by atoms with E-state index in [0.29, 0.717) is 37.5 Å². The van der Waals surface area contributed by atoms with Crippen molar-refractivity contribution in [2.75, 3.05) is 20.2 Å². The number of carbonyl (C=O) groups is 3. The van der Waals surface area contributed by atoms with Gasteiger partial charge in [0, 0.05) is 51.2 Å². The van der Waals surface area contributed by atoms with Gasteiger partial charge in [0.1, 0.15) is 17.6 Å². The molecule has 0 saturated carbocycles. The number of carboxylic acids is 1. The molecule has 1 aromatic heterocycles. The number of amides is 2. The lowest BCUT2D eigenvalue weighted by Gasteiger charge is -2.32. The number of ether oxygens (including phenoxy) is 1. The van der Waals surface area contributed by atoms with Crippen molar-refractivity contribution in [2.45, 2.75) is 44.6 Å². The number of aryl methyl sites for hydroxylation is 1. The zero-order valence-corrected chi connectivity index (χ0v) is 18.8. The zero-order chi connectivity index (χ0) is 23.6. The van der Waals surface area contributed by atoms with Gasteiger partial charge in [-0.25, -0.2) is 14.8 Å². The van der Waals surface area contributed by atoms with Gasteiger partial charge in [-0.1, -0.05) is 12.1 Å². The first-order chi connectivity index (χ1) is 15.9. The highest BCUT2D eigenvalue weighted by atomic mass is 16.5. The van der Waals surface area contributed by atoms with Gasteiger partial charge in [-0.15, -0.1) is 0 Å². The van der Waals surface area contributed by atoms with Crippen molar-refractivity contribution in [3.63, 3.8) is 0 Å². The van der Waals surface area contributed by atoms with E-state index in [4.69, 9.17) is 4.74 Å². The molecule has 1 aliphatic rings. The van der Waals surface area contributed by atoms with Gasteiger partial charge in [-0.05, 0) is 42.5 Å². The van der Waals surface area contributed by atoms with Crippen LogP contribution in [0.4, 0.5) is 0 Å². The van der Waals surface area contributed by atoms with E-state index >= 15 is 0 Å². The number of nitrogens with one attached hydrogen (secondary N) is 1. The normalized spacial score (nSPS) is 15.0. The minimum atomic E-state index is -1.07. The van der Waals surface area contributed by atoms with Crippen LogP contribution in [0.15, 0.2) is 42.7 Å². The molecule has 0 bridgehead atoms. The van der Waals surface area contributed by atoms with Crippen LogP contribution in [0, 0.1) is 5.92 Å². The zero-order valence-electron chi connectivity index (χ0n) is 18.8. The summed E-state index contributed by atoms with van der Waals surface area (Å²) in [5.74, 6) is 0.189. The van der Waals surface area contributed by atoms with Crippen LogP contribution in [0.2, 0.25) is 0 Å². The molecule has 2 N–H and O–H groups in total. The fraction of sp³-hybridized carbons (Fsp3) is 0.458. The van der Waals surface area contributed by atoms with Gasteiger partial charge in [-0.2, -0.15) is 0 Å². The minimum absolute atomic E-state index is 0.0655. The molecule has 1 aromatic carbocycles. The summed E-state index contributed by atoms with van der Waals surface area (Å²) in [6.45, 7) is 1.20. The highest BCUT2D eigenvalue weighted by Gasteiger charge is 2.26. The summed E-state index contributed by atoms with van der Waals surface area (Å²) in [5.41, 5.74) is 0.802. The van der Waals surface area contributed by atoms with Crippen molar-refractivity contribution < 1.29 is 24.2 Å². The SMILES string of the molecule is COc1ccc(CC(NC(=O)CC2CCN(C(=O)CCc3ncccn3)CC2)C(=O)O)cc1. The molecule has 1 fully saturated rings. The first-order valence-electron chi connectivity index (χ1n) is 11.1. The molecule has 0 spiro atoms. The summed E-state index contributed by atoms with van der Waals surface area (Å²) in [5, 5.41) is 12.2. The van der Waals surface area contributed by atoms with Gasteiger partial charge in [0.15, 0.2) is 0 Å². The van der Waals surface area contributed by atoms with Gasteiger partial charge < -0.3 is 20.1 Å². The molecule has 1 aliphatic heterocycles. The monoisotopic (exact) mass is 454 g/mol. The van der Waals surface area contributed by atoms with Gasteiger partial charge in [0.05, 0.1) is 7.11 Å². The Morgan fingerprint density at radius 1 is 1.15 bits per heavy atom. The number of hydrogen-bond donors (Lipinski definition) is 2. The Hall–Kier alpha value is -3.49. The number of likely N-dealkylation sites (tertiary alicyclic amines) is 1. The summed E-state index contributed by atoms with van der Waals surface area (Å²) < 4.78 is 5.11. The number of rotatable bonds is 10. The first kappa shape index (κ1) is 24.2. The molecule has 33 heavy (non-hydrogen) atoms. The third kappa shape index (κ3) is 7.55. The molecule has 1 unspecified atom stereocenters. The van der Waals surface area contributed by atoms with E-state index in [-0.39, 0.29) is 30.6 Å². The average molecular weight is 455 g/mol. The van der Waals surface area contributed by atoms with Crippen LogP contribution in [0.5, 0.6) is 5.75 Å². The Balaban J connectivity index is 1.41.